The van der Waals surface area contributed by atoms with Crippen molar-refractivity contribution in [2.24, 2.45) is 11.8 Å². The number of hydrogen-bond acceptors (Lipinski definition) is 5. The minimum Gasteiger partial charge on any atom is -0.341 e. The molecule has 3 rings (SSSR count). The van der Waals surface area contributed by atoms with Crippen LogP contribution < -0.4 is 0 Å². The molecular weight excluding hydrogens is 328 g/mol. The molecule has 1 saturated heterocycles. The van der Waals surface area contributed by atoms with E-state index in [4.69, 9.17) is 5.26 Å². The van der Waals surface area contributed by atoms with Gasteiger partial charge in [-0.25, -0.2) is 4.98 Å². The van der Waals surface area contributed by atoms with Gasteiger partial charge in [0.1, 0.15) is 18.6 Å². The van der Waals surface area contributed by atoms with Gasteiger partial charge in [-0.2, -0.15) is 15.6 Å². The molecule has 0 spiro atoms. The number of likely N-dealkylation sites (tertiary alicyclic amines) is 1. The van der Waals surface area contributed by atoms with Gasteiger partial charge in [0.05, 0.1) is 17.7 Å². The van der Waals surface area contributed by atoms with Crippen LogP contribution in [0.5, 0.6) is 0 Å². The molecule has 1 fully saturated rings. The number of carbonyl (C=O) groups is 1. The van der Waals surface area contributed by atoms with Crippen molar-refractivity contribution in [2.45, 2.75) is 25.8 Å². The summed E-state index contributed by atoms with van der Waals surface area (Å²) in [5.41, 5.74) is 1.46. The van der Waals surface area contributed by atoms with Crippen LogP contribution in [0.1, 0.15) is 24.0 Å². The summed E-state index contributed by atoms with van der Waals surface area (Å²) in [5.74, 6) is -0.489. The predicted molar refractivity (Wildman–Crippen MR) is 93.3 cm³/mol. The third-order valence-electron chi connectivity index (χ3n) is 4.72. The average molecular weight is 348 g/mol. The zero-order valence-electron chi connectivity index (χ0n) is 14.5. The lowest BCUT2D eigenvalue weighted by Crippen LogP contribution is -2.44. The zero-order chi connectivity index (χ0) is 18.4. The molecule has 0 aliphatic carbocycles. The maximum Gasteiger partial charge on any atom is 0.240 e. The lowest BCUT2D eigenvalue weighted by atomic mass is 9.94. The number of piperidine rings is 1. The Labute approximate surface area is 152 Å². The second kappa shape index (κ2) is 8.26. The Bertz CT molecular complexity index is 815. The second-order valence-corrected chi connectivity index (χ2v) is 6.60. The van der Waals surface area contributed by atoms with E-state index in [2.05, 4.69) is 22.2 Å². The summed E-state index contributed by atoms with van der Waals surface area (Å²) in [6.45, 7) is 2.07. The molecule has 0 saturated carbocycles. The molecule has 0 bridgehead atoms. The van der Waals surface area contributed by atoms with E-state index >= 15 is 0 Å². The zero-order valence-corrected chi connectivity index (χ0v) is 14.5. The Morgan fingerprint density at radius 1 is 1.31 bits per heavy atom. The van der Waals surface area contributed by atoms with E-state index in [1.165, 1.54) is 6.33 Å². The minimum atomic E-state index is -0.701. The van der Waals surface area contributed by atoms with Gasteiger partial charge in [0, 0.05) is 19.6 Å². The lowest BCUT2D eigenvalue weighted by molar-refractivity contribution is -0.135. The number of nitriles is 2. The third-order valence-corrected chi connectivity index (χ3v) is 4.72. The van der Waals surface area contributed by atoms with Gasteiger partial charge in [0.2, 0.25) is 5.91 Å². The standard InChI is InChI=1S/C19H20N6O/c20-9-16-5-3-15(4-6-16)8-18(10-21)19(26)24-7-1-2-17(11-24)12-25-14-22-13-23-25/h3-6,13-14,17-18H,1-2,7-8,11-12H2/t17-,18-/m0/s1. The Balaban J connectivity index is 1.61. The van der Waals surface area contributed by atoms with Gasteiger partial charge in [0.15, 0.2) is 0 Å². The van der Waals surface area contributed by atoms with E-state index in [-0.39, 0.29) is 5.91 Å². The molecule has 2 atom stereocenters. The van der Waals surface area contributed by atoms with Gasteiger partial charge >= 0.3 is 0 Å². The number of benzene rings is 1. The average Bonchev–Trinajstić information content (AvgIpc) is 3.19. The SMILES string of the molecule is N#Cc1ccc(C[C@@H](C#N)C(=O)N2CCC[C@H](Cn3cncn3)C2)cc1. The van der Waals surface area contributed by atoms with E-state index in [0.29, 0.717) is 31.0 Å². The van der Waals surface area contributed by atoms with Crippen LogP contribution in [0.3, 0.4) is 0 Å². The van der Waals surface area contributed by atoms with Crippen molar-refractivity contribution in [2.75, 3.05) is 13.1 Å². The summed E-state index contributed by atoms with van der Waals surface area (Å²) in [7, 11) is 0. The lowest BCUT2D eigenvalue weighted by Gasteiger charge is -2.33. The normalized spacial score (nSPS) is 17.9. The van der Waals surface area contributed by atoms with Gasteiger partial charge in [-0.1, -0.05) is 12.1 Å². The molecule has 7 heteroatoms. The first kappa shape index (κ1) is 17.6. The number of nitrogens with zero attached hydrogens (tertiary/aromatic N) is 6. The van der Waals surface area contributed by atoms with E-state index < -0.39 is 5.92 Å². The van der Waals surface area contributed by atoms with Crippen molar-refractivity contribution in [3.8, 4) is 12.1 Å². The first-order valence-corrected chi connectivity index (χ1v) is 8.69. The Morgan fingerprint density at radius 2 is 2.12 bits per heavy atom. The fraction of sp³-hybridized carbons (Fsp3) is 0.421. The molecule has 1 aliphatic rings. The van der Waals surface area contributed by atoms with Crippen LogP contribution in [0.2, 0.25) is 0 Å². The largest absolute Gasteiger partial charge is 0.341 e. The highest BCUT2D eigenvalue weighted by Gasteiger charge is 2.29. The third kappa shape index (κ3) is 4.25. The molecule has 1 amide bonds. The van der Waals surface area contributed by atoms with Crippen molar-refractivity contribution < 1.29 is 4.79 Å². The topological polar surface area (TPSA) is 98.6 Å². The summed E-state index contributed by atoms with van der Waals surface area (Å²) in [5, 5.41) is 22.5. The quantitative estimate of drug-likeness (QED) is 0.820. The summed E-state index contributed by atoms with van der Waals surface area (Å²) in [4.78, 5) is 18.6. The molecule has 1 aliphatic heterocycles. The van der Waals surface area contributed by atoms with E-state index in [1.807, 2.05) is 4.90 Å². The summed E-state index contributed by atoms with van der Waals surface area (Å²) in [6.07, 6.45) is 5.53. The van der Waals surface area contributed by atoms with E-state index in [0.717, 1.165) is 24.9 Å². The Kier molecular flexibility index (Phi) is 5.60. The van der Waals surface area contributed by atoms with Crippen LogP contribution in [-0.2, 0) is 17.8 Å². The van der Waals surface area contributed by atoms with Crippen LogP contribution in [0.4, 0.5) is 0 Å². The van der Waals surface area contributed by atoms with Crippen LogP contribution in [0.15, 0.2) is 36.9 Å². The van der Waals surface area contributed by atoms with Crippen LogP contribution in [0, 0.1) is 34.5 Å². The Hall–Kier alpha value is -3.19. The van der Waals surface area contributed by atoms with Gasteiger partial charge in [-0.3, -0.25) is 9.48 Å². The molecular formula is C19H20N6O. The molecule has 1 aromatic carbocycles. The maximum atomic E-state index is 12.8. The van der Waals surface area contributed by atoms with E-state index in [1.54, 1.807) is 35.3 Å². The highest BCUT2D eigenvalue weighted by Crippen LogP contribution is 2.21. The van der Waals surface area contributed by atoms with Crippen LogP contribution in [0.25, 0.3) is 0 Å². The molecule has 0 unspecified atom stereocenters. The maximum absolute atomic E-state index is 12.8. The predicted octanol–water partition coefficient (Wildman–Crippen LogP) is 1.77. The molecule has 132 valence electrons. The molecule has 0 radical (unpaired) electrons. The number of carbonyl (C=O) groups excluding carboxylic acids is 1. The first-order valence-electron chi connectivity index (χ1n) is 8.69. The number of hydrogen-bond donors (Lipinski definition) is 0. The molecule has 2 heterocycles. The van der Waals surface area contributed by atoms with Gasteiger partial charge in [0.25, 0.3) is 0 Å². The highest BCUT2D eigenvalue weighted by molar-refractivity contribution is 5.81. The number of aromatic nitrogens is 3. The fourth-order valence-corrected chi connectivity index (χ4v) is 3.37. The summed E-state index contributed by atoms with van der Waals surface area (Å²) < 4.78 is 1.79. The molecule has 26 heavy (non-hydrogen) atoms. The summed E-state index contributed by atoms with van der Waals surface area (Å²) >= 11 is 0. The van der Waals surface area contributed by atoms with Crippen molar-refractivity contribution in [3.63, 3.8) is 0 Å². The molecule has 7 nitrogen and oxygen atoms in total. The van der Waals surface area contributed by atoms with E-state index in [9.17, 15) is 10.1 Å². The van der Waals surface area contributed by atoms with Crippen molar-refractivity contribution in [1.29, 1.82) is 10.5 Å². The smallest absolute Gasteiger partial charge is 0.240 e. The highest BCUT2D eigenvalue weighted by atomic mass is 16.2. The van der Waals surface area contributed by atoms with Crippen molar-refractivity contribution in [3.05, 3.63) is 48.0 Å². The molecule has 2 aromatic rings. The second-order valence-electron chi connectivity index (χ2n) is 6.60. The molecule has 0 N–H and O–H groups in total. The Morgan fingerprint density at radius 3 is 2.77 bits per heavy atom. The first-order chi connectivity index (χ1) is 12.7. The fourth-order valence-electron chi connectivity index (χ4n) is 3.37. The number of amides is 1. The van der Waals surface area contributed by atoms with Gasteiger partial charge in [-0.05, 0) is 42.9 Å². The van der Waals surface area contributed by atoms with Crippen molar-refractivity contribution >= 4 is 5.91 Å². The van der Waals surface area contributed by atoms with Crippen LogP contribution in [-0.4, -0.2) is 38.7 Å². The van der Waals surface area contributed by atoms with Crippen LogP contribution >= 0.6 is 0 Å². The van der Waals surface area contributed by atoms with Crippen molar-refractivity contribution in [1.82, 2.24) is 19.7 Å². The summed E-state index contributed by atoms with van der Waals surface area (Å²) in [6, 6.07) is 11.3. The minimum absolute atomic E-state index is 0.111. The monoisotopic (exact) mass is 348 g/mol. The van der Waals surface area contributed by atoms with Gasteiger partial charge < -0.3 is 4.90 Å². The molecule has 1 aromatic heterocycles. The van der Waals surface area contributed by atoms with Gasteiger partial charge in [-0.15, -0.1) is 0 Å². The number of rotatable bonds is 5.